The number of nitrogens with zero attached hydrogens (tertiary/aromatic N) is 1. The van der Waals surface area contributed by atoms with E-state index in [1.165, 1.54) is 38.5 Å². The lowest BCUT2D eigenvalue weighted by Gasteiger charge is -2.15. The van der Waals surface area contributed by atoms with Gasteiger partial charge in [-0.15, -0.1) is 11.8 Å². The lowest BCUT2D eigenvalue weighted by molar-refractivity contribution is 0.474. The number of pyridine rings is 1. The molecule has 1 saturated carbocycles. The second kappa shape index (κ2) is 7.72. The van der Waals surface area contributed by atoms with E-state index in [2.05, 4.69) is 16.4 Å². The second-order valence-electron chi connectivity index (χ2n) is 4.66. The molecule has 1 aromatic heterocycles. The van der Waals surface area contributed by atoms with Gasteiger partial charge < -0.3 is 5.32 Å². The van der Waals surface area contributed by atoms with E-state index in [9.17, 15) is 0 Å². The van der Waals surface area contributed by atoms with Crippen molar-refractivity contribution >= 4 is 11.8 Å². The van der Waals surface area contributed by atoms with E-state index in [0.29, 0.717) is 0 Å². The predicted octanol–water partition coefficient (Wildman–Crippen LogP) is 3.49. The Hall–Kier alpha value is -0.540. The van der Waals surface area contributed by atoms with Crippen LogP contribution in [0, 0.1) is 0 Å². The van der Waals surface area contributed by atoms with Gasteiger partial charge in [0.15, 0.2) is 0 Å². The highest BCUT2D eigenvalue weighted by atomic mass is 32.2. The summed E-state index contributed by atoms with van der Waals surface area (Å²) in [5, 5.41) is 4.82. The van der Waals surface area contributed by atoms with Gasteiger partial charge in [0.05, 0.1) is 5.03 Å². The molecule has 0 atom stereocenters. The molecule has 1 fully saturated rings. The first-order valence-corrected chi connectivity index (χ1v) is 7.71. The van der Waals surface area contributed by atoms with Crippen LogP contribution in [0.1, 0.15) is 38.5 Å². The third-order valence-corrected chi connectivity index (χ3v) is 4.22. The number of aromatic nitrogens is 1. The first-order chi connectivity index (χ1) is 8.45. The topological polar surface area (TPSA) is 24.9 Å². The molecule has 0 aliphatic heterocycles. The fourth-order valence-corrected chi connectivity index (χ4v) is 3.07. The summed E-state index contributed by atoms with van der Waals surface area (Å²) in [5.41, 5.74) is 0. The number of thioether (sulfide) groups is 1. The van der Waals surface area contributed by atoms with E-state index in [0.717, 1.165) is 23.4 Å². The van der Waals surface area contributed by atoms with Gasteiger partial charge in [-0.05, 0) is 25.0 Å². The Labute approximate surface area is 109 Å². The van der Waals surface area contributed by atoms with E-state index >= 15 is 0 Å². The molecule has 0 amide bonds. The summed E-state index contributed by atoms with van der Waals surface area (Å²) in [6.07, 6.45) is 10.3. The summed E-state index contributed by atoms with van der Waals surface area (Å²) < 4.78 is 0. The van der Waals surface area contributed by atoms with Gasteiger partial charge in [0.2, 0.25) is 0 Å². The molecular formula is C14H22N2S. The summed E-state index contributed by atoms with van der Waals surface area (Å²) in [7, 11) is 0. The summed E-state index contributed by atoms with van der Waals surface area (Å²) in [6, 6.07) is 6.86. The number of hydrogen-bond donors (Lipinski definition) is 1. The first-order valence-electron chi connectivity index (χ1n) is 6.72. The number of nitrogens with one attached hydrogen (secondary N) is 1. The predicted molar refractivity (Wildman–Crippen MR) is 74.5 cm³/mol. The second-order valence-corrected chi connectivity index (χ2v) is 5.77. The van der Waals surface area contributed by atoms with Gasteiger partial charge >= 0.3 is 0 Å². The van der Waals surface area contributed by atoms with Gasteiger partial charge in [0, 0.05) is 24.5 Å². The molecule has 0 unspecified atom stereocenters. The molecule has 1 aromatic rings. The van der Waals surface area contributed by atoms with Crippen molar-refractivity contribution in [2.75, 3.05) is 12.3 Å². The van der Waals surface area contributed by atoms with E-state index in [1.807, 2.05) is 30.1 Å². The molecule has 0 spiro atoms. The number of rotatable bonds is 5. The molecule has 3 heteroatoms. The van der Waals surface area contributed by atoms with E-state index in [1.54, 1.807) is 0 Å². The molecular weight excluding hydrogens is 228 g/mol. The van der Waals surface area contributed by atoms with Crippen LogP contribution in [0.2, 0.25) is 0 Å². The Morgan fingerprint density at radius 3 is 2.71 bits per heavy atom. The zero-order chi connectivity index (χ0) is 11.8. The van der Waals surface area contributed by atoms with Gasteiger partial charge in [0.25, 0.3) is 0 Å². The number of hydrogen-bond acceptors (Lipinski definition) is 3. The Morgan fingerprint density at radius 2 is 2.00 bits per heavy atom. The minimum Gasteiger partial charge on any atom is -0.313 e. The highest BCUT2D eigenvalue weighted by Gasteiger charge is 2.10. The molecule has 1 aliphatic carbocycles. The third kappa shape index (κ3) is 5.09. The molecule has 1 aliphatic rings. The highest BCUT2D eigenvalue weighted by molar-refractivity contribution is 7.99. The molecule has 0 radical (unpaired) electrons. The van der Waals surface area contributed by atoms with Crippen molar-refractivity contribution in [3.05, 3.63) is 24.4 Å². The van der Waals surface area contributed by atoms with Crippen molar-refractivity contribution in [2.24, 2.45) is 0 Å². The third-order valence-electron chi connectivity index (χ3n) is 3.28. The van der Waals surface area contributed by atoms with Crippen LogP contribution in [0.3, 0.4) is 0 Å². The van der Waals surface area contributed by atoms with Crippen LogP contribution in [-0.4, -0.2) is 23.3 Å². The van der Waals surface area contributed by atoms with Crippen LogP contribution in [0.5, 0.6) is 0 Å². The van der Waals surface area contributed by atoms with E-state index in [4.69, 9.17) is 0 Å². The standard InChI is InChI=1S/C14H22N2S/c1-2-4-8-13(7-3-1)15-11-12-17-14-9-5-6-10-16-14/h5-6,9-10,13,15H,1-4,7-8,11-12H2. The molecule has 2 rings (SSSR count). The molecule has 0 saturated heterocycles. The van der Waals surface area contributed by atoms with E-state index < -0.39 is 0 Å². The lowest BCUT2D eigenvalue weighted by Crippen LogP contribution is -2.30. The molecule has 1 heterocycles. The van der Waals surface area contributed by atoms with E-state index in [-0.39, 0.29) is 0 Å². The van der Waals surface area contributed by atoms with Gasteiger partial charge in [-0.25, -0.2) is 4.98 Å². The molecule has 0 bridgehead atoms. The smallest absolute Gasteiger partial charge is 0.0960 e. The van der Waals surface area contributed by atoms with Gasteiger partial charge in [0.1, 0.15) is 0 Å². The summed E-state index contributed by atoms with van der Waals surface area (Å²) in [5.74, 6) is 1.12. The van der Waals surface area contributed by atoms with Crippen molar-refractivity contribution < 1.29 is 0 Å². The fourth-order valence-electron chi connectivity index (χ4n) is 2.33. The van der Waals surface area contributed by atoms with Crippen molar-refractivity contribution in [2.45, 2.75) is 49.6 Å². The summed E-state index contributed by atoms with van der Waals surface area (Å²) in [6.45, 7) is 1.10. The van der Waals surface area contributed by atoms with Gasteiger partial charge in [-0.2, -0.15) is 0 Å². The van der Waals surface area contributed by atoms with Gasteiger partial charge in [-0.3, -0.25) is 0 Å². The SMILES string of the molecule is c1ccc(SCCNC2CCCCCC2)nc1. The Balaban J connectivity index is 1.59. The van der Waals surface area contributed by atoms with Crippen LogP contribution in [-0.2, 0) is 0 Å². The highest BCUT2D eigenvalue weighted by Crippen LogP contribution is 2.17. The maximum absolute atomic E-state index is 4.31. The Morgan fingerprint density at radius 1 is 1.18 bits per heavy atom. The zero-order valence-electron chi connectivity index (χ0n) is 10.4. The van der Waals surface area contributed by atoms with Crippen LogP contribution >= 0.6 is 11.8 Å². The molecule has 2 nitrogen and oxygen atoms in total. The molecule has 17 heavy (non-hydrogen) atoms. The Bertz CT molecular complexity index is 294. The summed E-state index contributed by atoms with van der Waals surface area (Å²) >= 11 is 1.84. The Kier molecular flexibility index (Phi) is 5.86. The minimum absolute atomic E-state index is 0.766. The first kappa shape index (κ1) is 12.9. The fraction of sp³-hybridized carbons (Fsp3) is 0.643. The molecule has 0 aromatic carbocycles. The lowest BCUT2D eigenvalue weighted by atomic mass is 10.1. The monoisotopic (exact) mass is 250 g/mol. The maximum Gasteiger partial charge on any atom is 0.0960 e. The van der Waals surface area contributed by atoms with Crippen LogP contribution in [0.4, 0.5) is 0 Å². The zero-order valence-corrected chi connectivity index (χ0v) is 11.2. The van der Waals surface area contributed by atoms with Crippen LogP contribution in [0.25, 0.3) is 0 Å². The normalized spacial score (nSPS) is 17.9. The van der Waals surface area contributed by atoms with Crippen molar-refractivity contribution in [1.29, 1.82) is 0 Å². The largest absolute Gasteiger partial charge is 0.313 e. The molecule has 94 valence electrons. The average molecular weight is 250 g/mol. The summed E-state index contributed by atoms with van der Waals surface area (Å²) in [4.78, 5) is 4.31. The van der Waals surface area contributed by atoms with Crippen molar-refractivity contribution in [1.82, 2.24) is 10.3 Å². The van der Waals surface area contributed by atoms with Crippen molar-refractivity contribution in [3.8, 4) is 0 Å². The van der Waals surface area contributed by atoms with Crippen LogP contribution < -0.4 is 5.32 Å². The average Bonchev–Trinajstić information content (AvgIpc) is 2.65. The minimum atomic E-state index is 0.766. The van der Waals surface area contributed by atoms with Gasteiger partial charge in [-0.1, -0.05) is 31.7 Å². The molecule has 1 N–H and O–H groups in total. The van der Waals surface area contributed by atoms with Crippen LogP contribution in [0.15, 0.2) is 29.4 Å². The quantitative estimate of drug-likeness (QED) is 0.492. The maximum atomic E-state index is 4.31. The van der Waals surface area contributed by atoms with Crippen molar-refractivity contribution in [3.63, 3.8) is 0 Å².